The quantitative estimate of drug-likeness (QED) is 0.493. The molecule has 0 bridgehead atoms. The molecule has 30 heavy (non-hydrogen) atoms. The van der Waals surface area contributed by atoms with Crippen LogP contribution < -0.4 is 4.74 Å². The van der Waals surface area contributed by atoms with E-state index in [0.29, 0.717) is 22.8 Å². The number of hydrogen-bond acceptors (Lipinski definition) is 3. The average Bonchev–Trinajstić information content (AvgIpc) is 2.73. The third-order valence-corrected chi connectivity index (χ3v) is 5.57. The Morgan fingerprint density at radius 2 is 1.73 bits per heavy atom. The highest BCUT2D eigenvalue weighted by Gasteiger charge is 2.44. The summed E-state index contributed by atoms with van der Waals surface area (Å²) in [6.07, 6.45) is 0.439. The number of hydrogen-bond donors (Lipinski definition) is 1. The fraction of sp³-hybridized carbons (Fsp3) is 0.200. The Hall–Kier alpha value is -3.29. The zero-order valence-corrected chi connectivity index (χ0v) is 17.6. The second-order valence-corrected chi connectivity index (χ2v) is 7.79. The highest BCUT2D eigenvalue weighted by atomic mass is 35.5. The Morgan fingerprint density at radius 3 is 2.37 bits per heavy atom. The van der Waals surface area contributed by atoms with Gasteiger partial charge in [0.05, 0.1) is 6.07 Å². The average molecular weight is 420 g/mol. The molecule has 4 nitrogen and oxygen atoms in total. The van der Waals surface area contributed by atoms with Gasteiger partial charge in [-0.25, -0.2) is 0 Å². The maximum absolute atomic E-state index is 12.0. The lowest BCUT2D eigenvalue weighted by molar-refractivity contribution is -0.143. The fourth-order valence-corrected chi connectivity index (χ4v) is 3.66. The third-order valence-electron chi connectivity index (χ3n) is 5.21. The molecule has 0 heterocycles. The second kappa shape index (κ2) is 9.02. The molecule has 0 aromatic heterocycles. The van der Waals surface area contributed by atoms with Gasteiger partial charge >= 0.3 is 5.97 Å². The molecule has 5 heteroatoms. The molecule has 3 aromatic rings. The molecule has 1 unspecified atom stereocenters. The van der Waals surface area contributed by atoms with Gasteiger partial charge in [0.2, 0.25) is 0 Å². The molecule has 1 N–H and O–H groups in total. The molecule has 0 radical (unpaired) electrons. The first-order chi connectivity index (χ1) is 14.4. The minimum atomic E-state index is -1.64. The first-order valence-electron chi connectivity index (χ1n) is 9.63. The molecule has 0 aliphatic rings. The smallest absolute Gasteiger partial charge is 0.328 e. The molecule has 0 aliphatic carbocycles. The van der Waals surface area contributed by atoms with E-state index in [9.17, 15) is 15.2 Å². The van der Waals surface area contributed by atoms with Crippen molar-refractivity contribution in [3.8, 4) is 17.6 Å². The second-order valence-electron chi connectivity index (χ2n) is 7.39. The molecule has 0 saturated heterocycles. The van der Waals surface area contributed by atoms with Gasteiger partial charge in [-0.05, 0) is 46.9 Å². The lowest BCUT2D eigenvalue weighted by Crippen LogP contribution is -2.39. The summed E-state index contributed by atoms with van der Waals surface area (Å²) in [7, 11) is 0. The van der Waals surface area contributed by atoms with Crippen LogP contribution in [0.4, 0.5) is 0 Å². The summed E-state index contributed by atoms with van der Waals surface area (Å²) in [4.78, 5) is 12.0. The van der Waals surface area contributed by atoms with Crippen LogP contribution in [0.25, 0.3) is 0 Å². The highest BCUT2D eigenvalue weighted by molar-refractivity contribution is 6.31. The summed E-state index contributed by atoms with van der Waals surface area (Å²) in [6.45, 7) is 3.46. The van der Waals surface area contributed by atoms with E-state index < -0.39 is 17.3 Å². The van der Waals surface area contributed by atoms with E-state index in [1.54, 1.807) is 32.0 Å². The number of rotatable bonds is 7. The largest absolute Gasteiger partial charge is 0.480 e. The summed E-state index contributed by atoms with van der Waals surface area (Å²) < 4.78 is 6.03. The van der Waals surface area contributed by atoms with Crippen molar-refractivity contribution in [2.24, 2.45) is 5.92 Å². The van der Waals surface area contributed by atoms with E-state index in [1.165, 1.54) is 0 Å². The number of carbonyl (C=O) groups is 1. The van der Waals surface area contributed by atoms with Crippen molar-refractivity contribution in [2.75, 3.05) is 0 Å². The fourth-order valence-electron chi connectivity index (χ4n) is 3.47. The Bertz CT molecular complexity index is 1090. The number of nitriles is 1. The molecular formula is C25H22ClNO3. The van der Waals surface area contributed by atoms with E-state index in [0.717, 1.165) is 16.9 Å². The van der Waals surface area contributed by atoms with Crippen molar-refractivity contribution in [2.45, 2.75) is 25.7 Å². The van der Waals surface area contributed by atoms with Crippen molar-refractivity contribution in [1.82, 2.24) is 0 Å². The number of nitrogens with zero attached hydrogens (tertiary/aromatic N) is 1. The van der Waals surface area contributed by atoms with Crippen molar-refractivity contribution >= 4 is 17.6 Å². The number of ether oxygens (including phenoxy) is 1. The summed E-state index contributed by atoms with van der Waals surface area (Å²) in [6, 6.07) is 24.1. The monoisotopic (exact) mass is 419 g/mol. The predicted octanol–water partition coefficient (Wildman–Crippen LogP) is 6.23. The van der Waals surface area contributed by atoms with E-state index in [2.05, 4.69) is 0 Å². The van der Waals surface area contributed by atoms with Crippen LogP contribution in [0.5, 0.6) is 11.5 Å². The number of para-hydroxylation sites is 2. The van der Waals surface area contributed by atoms with Crippen molar-refractivity contribution < 1.29 is 14.6 Å². The normalized spacial score (nSPS) is 12.8. The Kier molecular flexibility index (Phi) is 6.44. The third kappa shape index (κ3) is 4.17. The molecule has 0 saturated carbocycles. The number of aliphatic carboxylic acids is 1. The SMILES string of the molecule is CC(C)C(C#N)(C(=O)O)c1ccc(Cl)c(Cc2ccccc2Oc2ccccc2)c1. The maximum Gasteiger partial charge on any atom is 0.328 e. The number of benzene rings is 3. The maximum atomic E-state index is 12.0. The van der Waals surface area contributed by atoms with Crippen molar-refractivity contribution in [3.05, 3.63) is 94.5 Å². The predicted molar refractivity (Wildman–Crippen MR) is 117 cm³/mol. The van der Waals surface area contributed by atoms with Crippen LogP contribution in [0.15, 0.2) is 72.8 Å². The van der Waals surface area contributed by atoms with Gasteiger partial charge in [0.25, 0.3) is 0 Å². The summed E-state index contributed by atoms with van der Waals surface area (Å²) in [5, 5.41) is 20.1. The van der Waals surface area contributed by atoms with Gasteiger partial charge in [-0.2, -0.15) is 5.26 Å². The minimum absolute atomic E-state index is 0.414. The van der Waals surface area contributed by atoms with Crippen LogP contribution in [0.2, 0.25) is 5.02 Å². The Labute approximate surface area is 181 Å². The van der Waals surface area contributed by atoms with E-state index in [4.69, 9.17) is 16.3 Å². The van der Waals surface area contributed by atoms with Crippen molar-refractivity contribution in [1.29, 1.82) is 5.26 Å². The Balaban J connectivity index is 2.00. The first kappa shape index (κ1) is 21.4. The summed E-state index contributed by atoms with van der Waals surface area (Å²) in [5.41, 5.74) is 0.426. The zero-order valence-electron chi connectivity index (χ0n) is 16.8. The summed E-state index contributed by atoms with van der Waals surface area (Å²) in [5.74, 6) is -0.165. The molecule has 0 aliphatic heterocycles. The molecule has 3 rings (SSSR count). The van der Waals surface area contributed by atoms with Crippen molar-refractivity contribution in [3.63, 3.8) is 0 Å². The van der Waals surface area contributed by atoms with Crippen LogP contribution in [0, 0.1) is 17.2 Å². The van der Waals surface area contributed by atoms with Crippen LogP contribution in [-0.2, 0) is 16.6 Å². The number of carboxylic acid groups (broad SMARTS) is 1. The molecule has 0 spiro atoms. The van der Waals surface area contributed by atoms with Gasteiger partial charge in [0.15, 0.2) is 5.41 Å². The van der Waals surface area contributed by atoms with Crippen LogP contribution >= 0.6 is 11.6 Å². The Morgan fingerprint density at radius 1 is 1.07 bits per heavy atom. The van der Waals surface area contributed by atoms with E-state index in [-0.39, 0.29) is 0 Å². The van der Waals surface area contributed by atoms with Gasteiger partial charge in [0, 0.05) is 11.4 Å². The topological polar surface area (TPSA) is 70.3 Å². The highest BCUT2D eigenvalue weighted by Crippen LogP contribution is 2.36. The lowest BCUT2D eigenvalue weighted by Gasteiger charge is -2.27. The summed E-state index contributed by atoms with van der Waals surface area (Å²) >= 11 is 6.44. The van der Waals surface area contributed by atoms with E-state index in [1.807, 2.05) is 60.7 Å². The minimum Gasteiger partial charge on any atom is -0.480 e. The first-order valence-corrected chi connectivity index (χ1v) is 10.0. The van der Waals surface area contributed by atoms with Gasteiger partial charge in [-0.15, -0.1) is 0 Å². The van der Waals surface area contributed by atoms with Crippen LogP contribution in [0.1, 0.15) is 30.5 Å². The van der Waals surface area contributed by atoms with E-state index >= 15 is 0 Å². The molecule has 3 aromatic carbocycles. The molecule has 0 fully saturated rings. The standard InChI is InChI=1S/C25H22ClNO3/c1-17(2)25(16-27,24(28)29)20-12-13-22(26)19(15-20)14-18-8-6-7-11-23(18)30-21-9-4-3-5-10-21/h3-13,15,17H,14H2,1-2H3,(H,28,29). The zero-order chi connectivity index (χ0) is 21.7. The van der Waals surface area contributed by atoms with Gasteiger partial charge in [-0.1, -0.05) is 74.0 Å². The van der Waals surface area contributed by atoms with Gasteiger partial charge in [0.1, 0.15) is 11.5 Å². The van der Waals surface area contributed by atoms with Crippen LogP contribution in [-0.4, -0.2) is 11.1 Å². The van der Waals surface area contributed by atoms with Crippen LogP contribution in [0.3, 0.4) is 0 Å². The molecule has 152 valence electrons. The number of carboxylic acids is 1. The lowest BCUT2D eigenvalue weighted by atomic mass is 9.72. The van der Waals surface area contributed by atoms with Gasteiger partial charge < -0.3 is 9.84 Å². The molecule has 0 amide bonds. The molecular weight excluding hydrogens is 398 g/mol. The number of halogens is 1. The van der Waals surface area contributed by atoms with Gasteiger partial charge in [-0.3, -0.25) is 4.79 Å². The molecule has 1 atom stereocenters.